The zero-order valence-electron chi connectivity index (χ0n) is 30.0. The molecular weight excluding hydrogens is 680 g/mol. The first-order chi connectivity index (χ1) is 25.6. The lowest BCUT2D eigenvalue weighted by atomic mass is 9.73. The Bertz CT molecular complexity index is 2160. The van der Waals surface area contributed by atoms with Crippen molar-refractivity contribution in [2.45, 2.75) is 50.7 Å². The van der Waals surface area contributed by atoms with Crippen molar-refractivity contribution >= 4 is 11.8 Å². The number of hydrogen-bond donors (Lipinski definition) is 1. The molecule has 4 aromatic rings. The van der Waals surface area contributed by atoms with Gasteiger partial charge in [0, 0.05) is 98.4 Å². The predicted octanol–water partition coefficient (Wildman–Crippen LogP) is 4.78. The number of carbonyl (C=O) groups is 2. The highest BCUT2D eigenvalue weighted by Gasteiger charge is 2.53. The maximum Gasteiger partial charge on any atom is 0.237 e. The van der Waals surface area contributed by atoms with E-state index in [4.69, 9.17) is 14.5 Å². The Balaban J connectivity index is 0.956. The number of methoxy groups -OCH3 is 2. The Labute approximate surface area is 306 Å². The van der Waals surface area contributed by atoms with Gasteiger partial charge in [-0.3, -0.25) is 24.4 Å². The van der Waals surface area contributed by atoms with Crippen LogP contribution in [0.25, 0.3) is 33.6 Å². The molecule has 274 valence electrons. The number of likely N-dealkylation sites (tertiary alicyclic amines) is 3. The number of hydrogen-bond acceptors (Lipinski definition) is 9. The van der Waals surface area contributed by atoms with Crippen molar-refractivity contribution in [3.63, 3.8) is 0 Å². The summed E-state index contributed by atoms with van der Waals surface area (Å²) >= 11 is 0. The smallest absolute Gasteiger partial charge is 0.237 e. The Hall–Kier alpha value is -5.01. The normalized spacial score (nSPS) is 21.2. The fraction of sp³-hybridized carbons (Fsp3) is 0.425. The summed E-state index contributed by atoms with van der Waals surface area (Å²) in [6, 6.07) is 11.8. The highest BCUT2D eigenvalue weighted by molar-refractivity contribution is 5.80. The standard InChI is InChI=1S/C40H41F2N7O4/c1-23(50)48-19-39(20-48)17-47(18-39)16-31-37(52-2)45-30(15-43-31)28-9-5-7-26(36(28)42)25-6-4-8-27(35(25)41)29-14-24-10-11-32(34(24)38(44-29)53-3)49-21-40(22-49)13-12-33(51)46-40/h4-9,14-15,32H,10-13,16-22H2,1-3H3,(H,46,51). The van der Waals surface area contributed by atoms with Crippen LogP contribution in [0.5, 0.6) is 11.8 Å². The molecule has 1 aliphatic carbocycles. The van der Waals surface area contributed by atoms with Gasteiger partial charge in [0.05, 0.1) is 37.3 Å². The Morgan fingerprint density at radius 3 is 2.15 bits per heavy atom. The molecule has 1 unspecified atom stereocenters. The lowest BCUT2D eigenvalue weighted by Gasteiger charge is -2.60. The monoisotopic (exact) mass is 721 g/mol. The molecule has 1 atom stereocenters. The van der Waals surface area contributed by atoms with Crippen molar-refractivity contribution in [3.05, 3.63) is 77.1 Å². The van der Waals surface area contributed by atoms with Crippen LogP contribution in [0.3, 0.4) is 0 Å². The maximum atomic E-state index is 16.5. The molecule has 53 heavy (non-hydrogen) atoms. The number of aromatic nitrogens is 3. The van der Waals surface area contributed by atoms with Gasteiger partial charge in [-0.2, -0.15) is 0 Å². The number of nitrogens with zero attached hydrogens (tertiary/aromatic N) is 6. The van der Waals surface area contributed by atoms with Gasteiger partial charge < -0.3 is 19.7 Å². The van der Waals surface area contributed by atoms with E-state index in [1.54, 1.807) is 50.4 Å². The van der Waals surface area contributed by atoms with Crippen LogP contribution in [0.15, 0.2) is 48.7 Å². The van der Waals surface area contributed by atoms with E-state index in [1.165, 1.54) is 13.3 Å². The first-order valence-corrected chi connectivity index (χ1v) is 18.2. The van der Waals surface area contributed by atoms with Gasteiger partial charge in [-0.05, 0) is 43.0 Å². The van der Waals surface area contributed by atoms with Gasteiger partial charge in [-0.25, -0.2) is 18.7 Å². The Morgan fingerprint density at radius 2 is 1.53 bits per heavy atom. The SMILES string of the molecule is COc1nc(-c2cccc(-c3cccc(-c4cc5c(c(OC)n4)C(N4CC6(CCC(=O)N6)C4)CC5)c3F)c2F)cnc1CN1CC2(C1)CN(C(C)=O)C2. The minimum absolute atomic E-state index is 0.0941. The quantitative estimate of drug-likeness (QED) is 0.275. The summed E-state index contributed by atoms with van der Waals surface area (Å²) < 4.78 is 44.3. The molecule has 2 aromatic carbocycles. The number of amides is 2. The summed E-state index contributed by atoms with van der Waals surface area (Å²) in [4.78, 5) is 44.0. The summed E-state index contributed by atoms with van der Waals surface area (Å²) in [6.45, 7) is 6.99. The van der Waals surface area contributed by atoms with Gasteiger partial charge in [-0.15, -0.1) is 0 Å². The van der Waals surface area contributed by atoms with Crippen molar-refractivity contribution in [2.75, 3.05) is 53.5 Å². The zero-order chi connectivity index (χ0) is 36.6. The third-order valence-electron chi connectivity index (χ3n) is 11.8. The van der Waals surface area contributed by atoms with Gasteiger partial charge >= 0.3 is 0 Å². The molecule has 4 saturated heterocycles. The van der Waals surface area contributed by atoms with Crippen molar-refractivity contribution < 1.29 is 27.8 Å². The van der Waals surface area contributed by atoms with Crippen LogP contribution in [0.4, 0.5) is 8.78 Å². The molecule has 5 aliphatic rings. The average molecular weight is 722 g/mol. The molecule has 2 aromatic heterocycles. The molecule has 0 radical (unpaired) electrons. The second-order valence-corrected chi connectivity index (χ2v) is 15.4. The van der Waals surface area contributed by atoms with Crippen molar-refractivity contribution in [1.82, 2.24) is 35.0 Å². The average Bonchev–Trinajstić information content (AvgIpc) is 3.71. The molecule has 2 spiro atoms. The molecule has 2 amide bonds. The molecule has 4 fully saturated rings. The molecule has 0 saturated carbocycles. The molecule has 4 aliphatic heterocycles. The van der Waals surface area contributed by atoms with Crippen molar-refractivity contribution in [2.24, 2.45) is 5.41 Å². The van der Waals surface area contributed by atoms with E-state index in [1.807, 2.05) is 11.0 Å². The van der Waals surface area contributed by atoms with E-state index in [2.05, 4.69) is 25.1 Å². The molecule has 1 N–H and O–H groups in total. The van der Waals surface area contributed by atoms with E-state index in [0.29, 0.717) is 36.1 Å². The second-order valence-electron chi connectivity index (χ2n) is 15.4. The number of halogens is 2. The highest BCUT2D eigenvalue weighted by Crippen LogP contribution is 2.47. The number of fused-ring (bicyclic) bond motifs is 1. The fourth-order valence-corrected chi connectivity index (χ4v) is 9.29. The lowest BCUT2D eigenvalue weighted by molar-refractivity contribution is -0.157. The number of rotatable bonds is 8. The molecule has 6 heterocycles. The number of benzene rings is 2. The first-order valence-electron chi connectivity index (χ1n) is 18.2. The maximum absolute atomic E-state index is 16.5. The highest BCUT2D eigenvalue weighted by atomic mass is 19.1. The predicted molar refractivity (Wildman–Crippen MR) is 192 cm³/mol. The molecule has 0 bridgehead atoms. The van der Waals surface area contributed by atoms with E-state index >= 15 is 8.78 Å². The van der Waals surface area contributed by atoms with E-state index in [0.717, 1.165) is 69.7 Å². The molecular formula is C40H41F2N7O4. The van der Waals surface area contributed by atoms with Crippen LogP contribution < -0.4 is 14.8 Å². The summed E-state index contributed by atoms with van der Waals surface area (Å²) in [7, 11) is 3.09. The lowest BCUT2D eigenvalue weighted by Crippen LogP contribution is -2.72. The second kappa shape index (κ2) is 12.6. The molecule has 11 nitrogen and oxygen atoms in total. The zero-order valence-corrected chi connectivity index (χ0v) is 30.0. The topological polar surface area (TPSA) is 113 Å². The summed E-state index contributed by atoms with van der Waals surface area (Å²) in [5.74, 6) is -0.221. The van der Waals surface area contributed by atoms with Gasteiger partial charge in [0.1, 0.15) is 17.3 Å². The number of carbonyl (C=O) groups excluding carboxylic acids is 2. The van der Waals surface area contributed by atoms with E-state index in [9.17, 15) is 9.59 Å². The number of ether oxygens (including phenoxy) is 2. The van der Waals surface area contributed by atoms with Crippen LogP contribution in [-0.2, 0) is 22.6 Å². The molecule has 13 heteroatoms. The van der Waals surface area contributed by atoms with Crippen LogP contribution >= 0.6 is 0 Å². The third kappa shape index (κ3) is 5.63. The van der Waals surface area contributed by atoms with Crippen LogP contribution in [0, 0.1) is 17.0 Å². The fourth-order valence-electron chi connectivity index (χ4n) is 9.29. The van der Waals surface area contributed by atoms with Crippen LogP contribution in [-0.4, -0.2) is 100 Å². The number of nitrogens with one attached hydrogen (secondary N) is 1. The number of aryl methyl sites for hydroxylation is 1. The Kier molecular flexibility index (Phi) is 8.00. The van der Waals surface area contributed by atoms with Gasteiger partial charge in [0.15, 0.2) is 0 Å². The minimum Gasteiger partial charge on any atom is -0.481 e. The van der Waals surface area contributed by atoms with Crippen LogP contribution in [0.2, 0.25) is 0 Å². The summed E-state index contributed by atoms with van der Waals surface area (Å²) in [6.07, 6.45) is 4.63. The summed E-state index contributed by atoms with van der Waals surface area (Å²) in [5, 5.41) is 3.15. The van der Waals surface area contributed by atoms with Crippen LogP contribution in [0.1, 0.15) is 49.0 Å². The molecule has 9 rings (SSSR count). The number of pyridine rings is 1. The first kappa shape index (κ1) is 33.8. The van der Waals surface area contributed by atoms with E-state index < -0.39 is 11.6 Å². The van der Waals surface area contributed by atoms with Crippen molar-refractivity contribution in [1.29, 1.82) is 0 Å². The van der Waals surface area contributed by atoms with Gasteiger partial charge in [-0.1, -0.05) is 24.3 Å². The largest absolute Gasteiger partial charge is 0.481 e. The Morgan fingerprint density at radius 1 is 0.887 bits per heavy atom. The summed E-state index contributed by atoms with van der Waals surface area (Å²) in [5.41, 5.74) is 4.07. The third-order valence-corrected chi connectivity index (χ3v) is 11.8. The van der Waals surface area contributed by atoms with Crippen molar-refractivity contribution in [3.8, 4) is 45.4 Å². The van der Waals surface area contributed by atoms with Gasteiger partial charge in [0.2, 0.25) is 23.6 Å². The van der Waals surface area contributed by atoms with E-state index in [-0.39, 0.29) is 56.8 Å². The minimum atomic E-state index is -0.620. The van der Waals surface area contributed by atoms with Gasteiger partial charge in [0.25, 0.3) is 0 Å².